The number of nitro groups is 1. The van der Waals surface area contributed by atoms with Crippen molar-refractivity contribution < 1.29 is 19.2 Å². The van der Waals surface area contributed by atoms with Crippen molar-refractivity contribution in [2.24, 2.45) is 5.10 Å². The van der Waals surface area contributed by atoms with Gasteiger partial charge in [-0.3, -0.25) is 19.6 Å². The molecule has 11 heteroatoms. The summed E-state index contributed by atoms with van der Waals surface area (Å²) in [7, 11) is 1.54. The molecule has 10 nitrogen and oxygen atoms in total. The number of hydrogen-bond donors (Lipinski definition) is 1. The van der Waals surface area contributed by atoms with Crippen molar-refractivity contribution in [3.8, 4) is 11.5 Å². The average molecular weight is 544 g/mol. The topological polar surface area (TPSA) is 121 Å². The Balaban J connectivity index is 1.70. The molecule has 1 unspecified atom stereocenters. The van der Waals surface area contributed by atoms with Crippen LogP contribution in [-0.4, -0.2) is 33.9 Å². The molecular formula is C24H26BrN5O5. The molecule has 0 saturated carbocycles. The van der Waals surface area contributed by atoms with Crippen LogP contribution in [0.3, 0.4) is 0 Å². The van der Waals surface area contributed by atoms with Crippen molar-refractivity contribution in [2.45, 2.75) is 40.3 Å². The molecular weight excluding hydrogens is 518 g/mol. The number of aromatic nitrogens is 2. The summed E-state index contributed by atoms with van der Waals surface area (Å²) in [6, 6.07) is 10.7. The summed E-state index contributed by atoms with van der Waals surface area (Å²) in [5.74, 6) is 0.590. The number of nitrogens with one attached hydrogen (secondary N) is 1. The fourth-order valence-electron chi connectivity index (χ4n) is 3.55. The van der Waals surface area contributed by atoms with Crippen LogP contribution in [0.2, 0.25) is 0 Å². The van der Waals surface area contributed by atoms with Crippen molar-refractivity contribution in [3.05, 3.63) is 79.1 Å². The summed E-state index contributed by atoms with van der Waals surface area (Å²) >= 11 is 3.51. The quantitative estimate of drug-likeness (QED) is 0.235. The van der Waals surface area contributed by atoms with Gasteiger partial charge in [-0.25, -0.2) is 5.43 Å². The van der Waals surface area contributed by atoms with Gasteiger partial charge in [0.2, 0.25) is 0 Å². The second kappa shape index (κ2) is 11.1. The highest BCUT2D eigenvalue weighted by Gasteiger charge is 2.27. The average Bonchev–Trinajstić information content (AvgIpc) is 3.12. The highest BCUT2D eigenvalue weighted by atomic mass is 79.9. The molecule has 0 aliphatic heterocycles. The minimum absolute atomic E-state index is 0.102. The monoisotopic (exact) mass is 543 g/mol. The van der Waals surface area contributed by atoms with Gasteiger partial charge in [0.25, 0.3) is 5.91 Å². The summed E-state index contributed by atoms with van der Waals surface area (Å²) in [4.78, 5) is 23.3. The number of carbonyl (C=O) groups is 1. The standard InChI is InChI=1S/C24H26BrN5O5/c1-14-8-6-7-9-19(14)13-35-23-20(25)10-18(11-21(23)34-5)12-26-27-24(31)17(4)29-16(3)22(30(32)33)15(2)28-29/h6-12,17H,13H2,1-5H3,(H,27,31)/b26-12+. The Hall–Kier alpha value is -3.73. The van der Waals surface area contributed by atoms with Gasteiger partial charge in [0, 0.05) is 0 Å². The SMILES string of the molecule is COc1cc(/C=N/NC(=O)C(C)n2nc(C)c([N+](=O)[O-])c2C)cc(Br)c1OCc1ccccc1C. The molecule has 0 radical (unpaired) electrons. The highest BCUT2D eigenvalue weighted by Crippen LogP contribution is 2.37. The first-order chi connectivity index (χ1) is 16.6. The summed E-state index contributed by atoms with van der Waals surface area (Å²) < 4.78 is 13.5. The normalized spacial score (nSPS) is 11.9. The molecule has 0 spiro atoms. The number of methoxy groups -OCH3 is 1. The predicted octanol–water partition coefficient (Wildman–Crippen LogP) is 4.78. The minimum atomic E-state index is -0.793. The third-order valence-corrected chi connectivity index (χ3v) is 6.08. The highest BCUT2D eigenvalue weighted by molar-refractivity contribution is 9.10. The van der Waals surface area contributed by atoms with Gasteiger partial charge in [0.15, 0.2) is 11.5 Å². The van der Waals surface area contributed by atoms with Gasteiger partial charge in [-0.2, -0.15) is 10.2 Å². The number of ether oxygens (including phenoxy) is 2. The van der Waals surface area contributed by atoms with Crippen molar-refractivity contribution in [1.82, 2.24) is 15.2 Å². The molecule has 0 aliphatic carbocycles. The van der Waals surface area contributed by atoms with E-state index in [0.29, 0.717) is 33.8 Å². The number of aryl methyl sites for hydroxylation is 2. The summed E-state index contributed by atoms with van der Waals surface area (Å²) in [5, 5.41) is 19.4. The number of carbonyl (C=O) groups excluding carboxylic acids is 1. The first-order valence-corrected chi connectivity index (χ1v) is 11.5. The lowest BCUT2D eigenvalue weighted by molar-refractivity contribution is -0.386. The van der Waals surface area contributed by atoms with Crippen molar-refractivity contribution >= 4 is 33.7 Å². The van der Waals surface area contributed by atoms with Crippen LogP contribution in [0.5, 0.6) is 11.5 Å². The maximum absolute atomic E-state index is 12.6. The first-order valence-electron chi connectivity index (χ1n) is 10.7. The molecule has 1 amide bonds. The van der Waals surface area contributed by atoms with Crippen LogP contribution in [0.1, 0.15) is 41.0 Å². The van der Waals surface area contributed by atoms with E-state index < -0.39 is 16.9 Å². The molecule has 1 aromatic heterocycles. The molecule has 0 bridgehead atoms. The van der Waals surface area contributed by atoms with Crippen molar-refractivity contribution in [3.63, 3.8) is 0 Å². The largest absolute Gasteiger partial charge is 0.493 e. The van der Waals surface area contributed by atoms with E-state index in [1.165, 1.54) is 17.8 Å². The van der Waals surface area contributed by atoms with Crippen LogP contribution >= 0.6 is 15.9 Å². The van der Waals surface area contributed by atoms with Gasteiger partial charge in [0.1, 0.15) is 24.0 Å². The third-order valence-electron chi connectivity index (χ3n) is 5.49. The summed E-state index contributed by atoms with van der Waals surface area (Å²) in [5.41, 5.74) is 5.75. The van der Waals surface area contributed by atoms with E-state index in [9.17, 15) is 14.9 Å². The molecule has 0 saturated heterocycles. The van der Waals surface area contributed by atoms with Crippen LogP contribution in [-0.2, 0) is 11.4 Å². The van der Waals surface area contributed by atoms with Gasteiger partial charge < -0.3 is 9.47 Å². The fraction of sp³-hybridized carbons (Fsp3) is 0.292. The van der Waals surface area contributed by atoms with E-state index >= 15 is 0 Å². The Bertz CT molecular complexity index is 1290. The number of nitrogens with zero attached hydrogens (tertiary/aromatic N) is 4. The van der Waals surface area contributed by atoms with E-state index in [1.807, 2.05) is 31.2 Å². The maximum Gasteiger partial charge on any atom is 0.312 e. The zero-order chi connectivity index (χ0) is 25.7. The Morgan fingerprint density at radius 1 is 1.31 bits per heavy atom. The van der Waals surface area contributed by atoms with E-state index in [4.69, 9.17) is 9.47 Å². The lowest BCUT2D eigenvalue weighted by atomic mass is 10.1. The van der Waals surface area contributed by atoms with E-state index in [2.05, 4.69) is 31.6 Å². The Labute approximate surface area is 211 Å². The Morgan fingerprint density at radius 3 is 2.66 bits per heavy atom. The number of amides is 1. The second-order valence-electron chi connectivity index (χ2n) is 7.88. The molecule has 3 rings (SSSR count). The molecule has 2 aromatic carbocycles. The van der Waals surface area contributed by atoms with Crippen LogP contribution in [0.25, 0.3) is 0 Å². The Morgan fingerprint density at radius 2 is 2.03 bits per heavy atom. The summed E-state index contributed by atoms with van der Waals surface area (Å²) in [6.45, 7) is 7.08. The summed E-state index contributed by atoms with van der Waals surface area (Å²) in [6.07, 6.45) is 1.46. The smallest absolute Gasteiger partial charge is 0.312 e. The second-order valence-corrected chi connectivity index (χ2v) is 8.73. The molecule has 0 fully saturated rings. The molecule has 1 atom stereocenters. The molecule has 0 aliphatic rings. The van der Waals surface area contributed by atoms with Crippen LogP contribution in [0.4, 0.5) is 5.69 Å². The number of benzene rings is 2. The lowest BCUT2D eigenvalue weighted by Crippen LogP contribution is -2.28. The molecule has 184 valence electrons. The predicted molar refractivity (Wildman–Crippen MR) is 135 cm³/mol. The van der Waals surface area contributed by atoms with Gasteiger partial charge in [-0.15, -0.1) is 0 Å². The Kier molecular flexibility index (Phi) is 8.23. The zero-order valence-electron chi connectivity index (χ0n) is 20.0. The molecule has 35 heavy (non-hydrogen) atoms. The number of hydrazone groups is 1. The lowest BCUT2D eigenvalue weighted by Gasteiger charge is -2.14. The molecule has 3 aromatic rings. The molecule has 1 N–H and O–H groups in total. The van der Waals surface area contributed by atoms with Crippen molar-refractivity contribution in [1.29, 1.82) is 0 Å². The van der Waals surface area contributed by atoms with E-state index in [-0.39, 0.29) is 11.4 Å². The van der Waals surface area contributed by atoms with Gasteiger partial charge in [-0.05, 0) is 72.4 Å². The van der Waals surface area contributed by atoms with Gasteiger partial charge in [-0.1, -0.05) is 24.3 Å². The van der Waals surface area contributed by atoms with Crippen LogP contribution in [0, 0.1) is 30.9 Å². The van der Waals surface area contributed by atoms with E-state index in [0.717, 1.165) is 11.1 Å². The van der Waals surface area contributed by atoms with Crippen LogP contribution < -0.4 is 14.9 Å². The fourth-order valence-corrected chi connectivity index (χ4v) is 4.12. The van der Waals surface area contributed by atoms with Crippen molar-refractivity contribution in [2.75, 3.05) is 7.11 Å². The number of hydrogen-bond acceptors (Lipinski definition) is 7. The van der Waals surface area contributed by atoms with Crippen LogP contribution in [0.15, 0.2) is 46.0 Å². The minimum Gasteiger partial charge on any atom is -0.493 e. The van der Waals surface area contributed by atoms with E-state index in [1.54, 1.807) is 33.1 Å². The number of rotatable bonds is 9. The number of halogens is 1. The maximum atomic E-state index is 12.6. The van der Waals surface area contributed by atoms with Gasteiger partial charge >= 0.3 is 5.69 Å². The zero-order valence-corrected chi connectivity index (χ0v) is 21.6. The third kappa shape index (κ3) is 5.86. The van der Waals surface area contributed by atoms with Gasteiger partial charge in [0.05, 0.1) is 22.7 Å². The molecule has 1 heterocycles. The first kappa shape index (κ1) is 25.9.